The summed E-state index contributed by atoms with van der Waals surface area (Å²) < 4.78 is 4.00. The van der Waals surface area contributed by atoms with E-state index in [2.05, 4.69) is 54.7 Å². The zero-order valence-electron chi connectivity index (χ0n) is 50.8. The normalized spacial score (nSPS) is 20.5. The number of carbonyl (C=O) groups is 9. The third-order valence-corrected chi connectivity index (χ3v) is 18.6. The number of likely N-dealkylation sites (tertiary alicyclic amines) is 1. The summed E-state index contributed by atoms with van der Waals surface area (Å²) in [4.78, 5) is 128. The standard InChI is InChI=1S/C65H84N10O10S/c1-38(66-8)56(77)72-54(64(3,4)5)62(83)75-36-47(34-53(75)61(82)71-51-23-15-19-41-17-11-13-21-49(41)51)69-59(80)43-26-24-42(25-27-43)58(79)68-46-29-28-44-33-52(60(81)70-50-22-14-18-40-16-10-12-20-48(40)50)74(35-45(44)32-46)63(84)55(73-57(78)39(2)67-9)65(6,7)86-31-30-85-37-76/h10-13,16-17,20-21,24-29,32,37-39,47,50-55,66-67H,14-15,18-19,22-23,30-31,33-36H2,1-9H3,(H,68,79)(H,69,80)(H,70,81)(H,71,82)(H,72,77)(H,73,78)/t38-,39-,47-,50?,51+,52-,53?,54+,55+/m0/s1. The predicted molar refractivity (Wildman–Crippen MR) is 330 cm³/mol. The fraction of sp³-hybridized carbons (Fsp3) is 0.492. The van der Waals surface area contributed by atoms with Gasteiger partial charge in [-0.3, -0.25) is 43.2 Å². The number of fused-ring (bicyclic) bond motifs is 3. The molecule has 4 aliphatic rings. The van der Waals surface area contributed by atoms with E-state index in [-0.39, 0.29) is 73.5 Å². The molecule has 8 N–H and O–H groups in total. The number of amides is 8. The molecule has 2 unspecified atom stereocenters. The Morgan fingerprint density at radius 1 is 0.640 bits per heavy atom. The van der Waals surface area contributed by atoms with E-state index in [1.807, 2.05) is 77.1 Å². The molecule has 2 heterocycles. The summed E-state index contributed by atoms with van der Waals surface area (Å²) >= 11 is 1.35. The molecule has 86 heavy (non-hydrogen) atoms. The van der Waals surface area contributed by atoms with Crippen LogP contribution in [0.2, 0.25) is 0 Å². The van der Waals surface area contributed by atoms with E-state index in [4.69, 9.17) is 4.74 Å². The Hall–Kier alpha value is -7.62. The quantitative estimate of drug-likeness (QED) is 0.0372. The van der Waals surface area contributed by atoms with Crippen LogP contribution in [0, 0.1) is 5.41 Å². The maximum Gasteiger partial charge on any atom is 0.293 e. The molecule has 460 valence electrons. The second-order valence-electron chi connectivity index (χ2n) is 24.6. The molecular formula is C65H84N10O10S. The van der Waals surface area contributed by atoms with Crippen LogP contribution < -0.4 is 42.5 Å². The lowest BCUT2D eigenvalue weighted by atomic mass is 9.85. The van der Waals surface area contributed by atoms with Crippen LogP contribution in [0.15, 0.2) is 91.0 Å². The Labute approximate surface area is 508 Å². The van der Waals surface area contributed by atoms with Crippen LogP contribution in [-0.2, 0) is 64.1 Å². The molecule has 0 saturated carbocycles. The first-order valence-corrected chi connectivity index (χ1v) is 30.9. The molecular weight excluding hydrogens is 1110 g/mol. The average molecular weight is 1200 g/mol. The van der Waals surface area contributed by atoms with E-state index in [0.717, 1.165) is 66.3 Å². The Bertz CT molecular complexity index is 3170. The zero-order valence-corrected chi connectivity index (χ0v) is 51.6. The number of rotatable bonds is 22. The minimum absolute atomic E-state index is 0.00782. The van der Waals surface area contributed by atoms with Gasteiger partial charge in [-0.2, -0.15) is 0 Å². The van der Waals surface area contributed by atoms with Crippen molar-refractivity contribution in [2.45, 2.75) is 166 Å². The van der Waals surface area contributed by atoms with Crippen molar-refractivity contribution >= 4 is 71.2 Å². The molecule has 4 aromatic rings. The van der Waals surface area contributed by atoms with Gasteiger partial charge < -0.3 is 57.1 Å². The molecule has 8 amide bonds. The van der Waals surface area contributed by atoms with E-state index in [1.54, 1.807) is 40.1 Å². The number of ether oxygens (including phenoxy) is 1. The summed E-state index contributed by atoms with van der Waals surface area (Å²) in [5, 5.41) is 24.2. The Morgan fingerprint density at radius 3 is 1.73 bits per heavy atom. The van der Waals surface area contributed by atoms with Gasteiger partial charge in [0.1, 0.15) is 30.8 Å². The van der Waals surface area contributed by atoms with Gasteiger partial charge in [-0.25, -0.2) is 0 Å². The van der Waals surface area contributed by atoms with Gasteiger partial charge >= 0.3 is 0 Å². The van der Waals surface area contributed by atoms with E-state index in [0.29, 0.717) is 23.5 Å². The smallest absolute Gasteiger partial charge is 0.293 e. The highest BCUT2D eigenvalue weighted by atomic mass is 32.2. The molecule has 20 nitrogen and oxygen atoms in total. The topological polar surface area (TPSA) is 266 Å². The molecule has 1 saturated heterocycles. The molecule has 8 rings (SSSR count). The van der Waals surface area contributed by atoms with Crippen LogP contribution >= 0.6 is 11.8 Å². The number of benzene rings is 4. The Balaban J connectivity index is 0.990. The highest BCUT2D eigenvalue weighted by molar-refractivity contribution is 8.00. The predicted octanol–water partition coefficient (Wildman–Crippen LogP) is 5.20. The fourth-order valence-corrected chi connectivity index (χ4v) is 13.0. The van der Waals surface area contributed by atoms with Gasteiger partial charge in [-0.05, 0) is 162 Å². The van der Waals surface area contributed by atoms with E-state index >= 15 is 4.79 Å². The first-order chi connectivity index (χ1) is 41.0. The van der Waals surface area contributed by atoms with E-state index in [9.17, 15) is 38.4 Å². The number of nitrogens with one attached hydrogen (secondary N) is 8. The monoisotopic (exact) mass is 1200 g/mol. The van der Waals surface area contributed by atoms with E-state index < -0.39 is 82.0 Å². The summed E-state index contributed by atoms with van der Waals surface area (Å²) in [6.07, 6.45) is 5.30. The average Bonchev–Trinajstić information content (AvgIpc) is 1.19. The van der Waals surface area contributed by atoms with Gasteiger partial charge in [-0.1, -0.05) is 75.4 Å². The molecule has 1 fully saturated rings. The van der Waals surface area contributed by atoms with Crippen LogP contribution in [0.5, 0.6) is 0 Å². The van der Waals surface area contributed by atoms with Crippen molar-refractivity contribution in [3.63, 3.8) is 0 Å². The molecule has 0 spiro atoms. The largest absolute Gasteiger partial charge is 0.467 e. The second-order valence-corrected chi connectivity index (χ2v) is 26.4. The van der Waals surface area contributed by atoms with Crippen LogP contribution in [-0.4, -0.2) is 144 Å². The zero-order chi connectivity index (χ0) is 62.0. The van der Waals surface area contributed by atoms with Crippen molar-refractivity contribution in [2.75, 3.05) is 38.3 Å². The van der Waals surface area contributed by atoms with Crippen LogP contribution in [0.1, 0.15) is 147 Å². The first-order valence-electron chi connectivity index (χ1n) is 29.9. The first kappa shape index (κ1) is 64.4. The van der Waals surface area contributed by atoms with Crippen molar-refractivity contribution in [3.8, 4) is 0 Å². The van der Waals surface area contributed by atoms with Crippen molar-refractivity contribution in [3.05, 3.63) is 136 Å². The van der Waals surface area contributed by atoms with Gasteiger partial charge in [0.05, 0.1) is 24.2 Å². The number of hydrogen-bond acceptors (Lipinski definition) is 13. The maximum atomic E-state index is 15.3. The van der Waals surface area contributed by atoms with Gasteiger partial charge in [-0.15, -0.1) is 11.8 Å². The lowest BCUT2D eigenvalue weighted by Crippen LogP contribution is -2.63. The number of nitrogens with zero attached hydrogens (tertiary/aromatic N) is 2. The van der Waals surface area contributed by atoms with Crippen molar-refractivity contribution in [1.82, 2.24) is 47.0 Å². The number of carbonyl (C=O) groups excluding carboxylic acids is 9. The highest BCUT2D eigenvalue weighted by Gasteiger charge is 2.48. The number of anilines is 1. The summed E-state index contributed by atoms with van der Waals surface area (Å²) in [7, 11) is 3.29. The molecule has 0 bridgehead atoms. The van der Waals surface area contributed by atoms with Crippen molar-refractivity contribution in [2.24, 2.45) is 5.41 Å². The van der Waals surface area contributed by atoms with Crippen molar-refractivity contribution in [1.29, 1.82) is 0 Å². The number of hydrogen-bond donors (Lipinski definition) is 8. The molecule has 4 aromatic carbocycles. The van der Waals surface area contributed by atoms with Crippen LogP contribution in [0.25, 0.3) is 0 Å². The van der Waals surface area contributed by atoms with E-state index in [1.165, 1.54) is 45.8 Å². The van der Waals surface area contributed by atoms with Gasteiger partial charge in [0, 0.05) is 52.9 Å². The Kier molecular flexibility index (Phi) is 21.2. The summed E-state index contributed by atoms with van der Waals surface area (Å²) in [5.41, 5.74) is 6.04. The minimum atomic E-state index is -1.13. The molecule has 0 radical (unpaired) electrons. The second kappa shape index (κ2) is 28.3. The van der Waals surface area contributed by atoms with Gasteiger partial charge in [0.2, 0.25) is 35.4 Å². The molecule has 9 atom stereocenters. The number of aryl methyl sites for hydroxylation is 2. The molecule has 21 heteroatoms. The molecule has 2 aliphatic heterocycles. The van der Waals surface area contributed by atoms with Gasteiger partial charge in [0.25, 0.3) is 18.3 Å². The summed E-state index contributed by atoms with van der Waals surface area (Å²) in [6.45, 7) is 13.0. The van der Waals surface area contributed by atoms with Crippen molar-refractivity contribution < 1.29 is 47.9 Å². The maximum absolute atomic E-state index is 15.3. The Morgan fingerprint density at radius 2 is 1.17 bits per heavy atom. The molecule has 0 aromatic heterocycles. The SMILES string of the molecule is CN[C@@H](C)C(=O)N[C@H](C(=O)N1C[C@@H](NC(=O)c2ccc(C(=O)Nc3ccc4c(c3)CN(C(=O)[C@@H](NC(=O)[C@H](C)NC)C(C)(C)SCCOC=O)[C@H](C(=O)NC3CCCc5ccccc53)C4)cc2)CC1C(=O)N[C@@H]1CCCc2ccccc21)C(C)(C)C. The van der Waals surface area contributed by atoms with Crippen LogP contribution in [0.3, 0.4) is 0 Å². The number of likely N-dealkylation sites (N-methyl/N-ethyl adjacent to an activating group) is 2. The summed E-state index contributed by atoms with van der Waals surface area (Å²) in [6, 6.07) is 21.0. The highest BCUT2D eigenvalue weighted by Crippen LogP contribution is 2.36. The molecule has 2 aliphatic carbocycles. The third kappa shape index (κ3) is 15.3. The van der Waals surface area contributed by atoms with Crippen LogP contribution in [0.4, 0.5) is 5.69 Å². The number of thioether (sulfide) groups is 1. The lowest BCUT2D eigenvalue weighted by Gasteiger charge is -2.42. The lowest BCUT2D eigenvalue weighted by molar-refractivity contribution is -0.145. The third-order valence-electron chi connectivity index (χ3n) is 17.2. The summed E-state index contributed by atoms with van der Waals surface area (Å²) in [5.74, 6) is -3.01. The fourth-order valence-electron chi connectivity index (χ4n) is 11.9. The minimum Gasteiger partial charge on any atom is -0.467 e. The van der Waals surface area contributed by atoms with Gasteiger partial charge in [0.15, 0.2) is 0 Å².